The van der Waals surface area contributed by atoms with Gasteiger partial charge in [-0.25, -0.2) is 9.48 Å². The summed E-state index contributed by atoms with van der Waals surface area (Å²) in [6.07, 6.45) is -0.523. The maximum absolute atomic E-state index is 12.2. The molecule has 1 fully saturated rings. The van der Waals surface area contributed by atoms with Crippen molar-refractivity contribution in [2.24, 2.45) is 11.3 Å². The number of β-lactam (4-membered cyclic amide) rings is 1. The van der Waals surface area contributed by atoms with E-state index >= 15 is 0 Å². The van der Waals surface area contributed by atoms with Crippen LogP contribution in [0.3, 0.4) is 0 Å². The van der Waals surface area contributed by atoms with Crippen LogP contribution in [-0.4, -0.2) is 72.0 Å². The largest absolute Gasteiger partial charge is 0.476 e. The summed E-state index contributed by atoms with van der Waals surface area (Å²) >= 11 is 0. The van der Waals surface area contributed by atoms with Crippen molar-refractivity contribution in [3.05, 3.63) is 17.8 Å². The van der Waals surface area contributed by atoms with Gasteiger partial charge in [0.1, 0.15) is 24.5 Å². The average Bonchev–Trinajstić information content (AvgIpc) is 3.18. The number of aliphatic carboxylic acids is 1. The van der Waals surface area contributed by atoms with Gasteiger partial charge in [-0.1, -0.05) is 13.8 Å². The Hall–Kier alpha value is -3.02. The quantitative estimate of drug-likeness (QED) is 0.469. The van der Waals surface area contributed by atoms with Crippen molar-refractivity contribution in [1.82, 2.24) is 30.4 Å². The lowest BCUT2D eigenvalue weighted by atomic mass is 9.88. The van der Waals surface area contributed by atoms with Gasteiger partial charge in [0.2, 0.25) is 11.8 Å². The van der Waals surface area contributed by atoms with E-state index in [1.165, 1.54) is 17.9 Å². The van der Waals surface area contributed by atoms with Crippen LogP contribution in [0.2, 0.25) is 0 Å². The molecule has 0 radical (unpaired) electrons. The minimum absolute atomic E-state index is 0.0637. The van der Waals surface area contributed by atoms with Crippen molar-refractivity contribution in [2.45, 2.75) is 39.6 Å². The molecule has 1 aromatic heterocycles. The topological polar surface area (TPSA) is 160 Å². The van der Waals surface area contributed by atoms with Gasteiger partial charge in [-0.2, -0.15) is 0 Å². The molecular weight excluding hydrogens is 360 g/mol. The van der Waals surface area contributed by atoms with E-state index in [-0.39, 0.29) is 30.5 Å². The van der Waals surface area contributed by atoms with Gasteiger partial charge in [0.15, 0.2) is 11.9 Å². The minimum Gasteiger partial charge on any atom is -0.476 e. The number of carboxylic acids is 1. The van der Waals surface area contributed by atoms with Crippen LogP contribution in [-0.2, 0) is 25.7 Å². The smallest absolute Gasteiger partial charge is 0.356 e. The molecule has 2 aliphatic rings. The molecule has 0 aromatic carbocycles. The van der Waals surface area contributed by atoms with Gasteiger partial charge in [0.05, 0.1) is 6.10 Å². The van der Waals surface area contributed by atoms with E-state index in [0.717, 1.165) is 4.90 Å². The molecule has 0 bridgehead atoms. The predicted molar refractivity (Wildman–Crippen MR) is 86.2 cm³/mol. The van der Waals surface area contributed by atoms with Crippen LogP contribution in [0.5, 0.6) is 0 Å². The fraction of sp³-hybridized carbons (Fsp3) is 0.600. The summed E-state index contributed by atoms with van der Waals surface area (Å²) in [5, 5.41) is 32.4. The Morgan fingerprint density at radius 2 is 2.15 bits per heavy atom. The second kappa shape index (κ2) is 6.61. The van der Waals surface area contributed by atoms with Crippen molar-refractivity contribution in [2.75, 3.05) is 6.54 Å². The van der Waals surface area contributed by atoms with E-state index in [1.807, 2.05) is 0 Å². The third kappa shape index (κ3) is 3.23. The molecule has 27 heavy (non-hydrogen) atoms. The number of carboxylic acid groups (broad SMARTS) is 1. The van der Waals surface area contributed by atoms with Crippen molar-refractivity contribution >= 4 is 17.8 Å². The van der Waals surface area contributed by atoms with E-state index < -0.39 is 35.5 Å². The first-order valence-electron chi connectivity index (χ1n) is 8.27. The summed E-state index contributed by atoms with van der Waals surface area (Å²) in [6.45, 7) is 4.80. The lowest BCUT2D eigenvalue weighted by Gasteiger charge is -2.42. The number of hydrogen-bond acceptors (Lipinski definition) is 8. The molecule has 3 N–H and O–H groups in total. The van der Waals surface area contributed by atoms with Gasteiger partial charge in [-0.15, -0.1) is 5.10 Å². The number of aliphatic hydroxyl groups excluding tert-OH is 1. The van der Waals surface area contributed by atoms with E-state index in [2.05, 4.69) is 20.8 Å². The Bertz CT molecular complexity index is 802. The van der Waals surface area contributed by atoms with Crippen LogP contribution in [0.1, 0.15) is 20.8 Å². The van der Waals surface area contributed by atoms with Gasteiger partial charge < -0.3 is 20.3 Å². The number of tetrazole rings is 1. The van der Waals surface area contributed by atoms with Gasteiger partial charge in [0.25, 0.3) is 0 Å². The van der Waals surface area contributed by atoms with Crippen molar-refractivity contribution < 1.29 is 29.3 Å². The number of amides is 2. The number of nitrogens with zero attached hydrogens (tertiary/aromatic N) is 5. The number of aromatic nitrogens is 4. The van der Waals surface area contributed by atoms with Gasteiger partial charge in [0, 0.05) is 12.0 Å². The molecule has 2 amide bonds. The molecule has 0 spiro atoms. The highest BCUT2D eigenvalue weighted by molar-refractivity contribution is 5.98. The van der Waals surface area contributed by atoms with Gasteiger partial charge in [-0.3, -0.25) is 14.5 Å². The molecule has 3 rings (SSSR count). The number of carbonyl (C=O) groups excluding carboxylic acids is 2. The van der Waals surface area contributed by atoms with E-state index in [9.17, 15) is 24.6 Å². The molecule has 1 saturated heterocycles. The number of hydrogen-bond donors (Lipinski definition) is 3. The third-order valence-electron chi connectivity index (χ3n) is 4.54. The predicted octanol–water partition coefficient (Wildman–Crippen LogP) is -1.69. The summed E-state index contributed by atoms with van der Waals surface area (Å²) in [4.78, 5) is 37.0. The molecule has 146 valence electrons. The van der Waals surface area contributed by atoms with Crippen LogP contribution < -0.4 is 5.32 Å². The first-order chi connectivity index (χ1) is 12.6. The van der Waals surface area contributed by atoms with Crippen LogP contribution in [0.15, 0.2) is 17.8 Å². The normalized spacial score (nSPS) is 22.8. The van der Waals surface area contributed by atoms with Crippen LogP contribution in [0, 0.1) is 11.3 Å². The zero-order chi connectivity index (χ0) is 19.9. The Morgan fingerprint density at radius 1 is 1.44 bits per heavy atom. The van der Waals surface area contributed by atoms with Gasteiger partial charge >= 0.3 is 5.97 Å². The Kier molecular flexibility index (Phi) is 4.59. The van der Waals surface area contributed by atoms with Crippen molar-refractivity contribution in [1.29, 1.82) is 0 Å². The first kappa shape index (κ1) is 18.8. The number of rotatable bonds is 7. The molecule has 0 unspecified atom stereocenters. The highest BCUT2D eigenvalue weighted by Gasteiger charge is 2.60. The maximum Gasteiger partial charge on any atom is 0.356 e. The zero-order valence-electron chi connectivity index (χ0n) is 15.0. The Morgan fingerprint density at radius 3 is 2.70 bits per heavy atom. The molecular formula is C15H20N6O6. The molecule has 0 saturated carbocycles. The highest BCUT2D eigenvalue weighted by Crippen LogP contribution is 2.46. The molecule has 3 atom stereocenters. The number of nitrogens with one attached hydrogen (secondary N) is 1. The SMILES string of the molecule is C[C@@H](O)[C@H]1C(=O)N2C(C(=O)O)=C(C(C)(C)CNC(=O)Cn3cnnn3)O[C@H]12. The fourth-order valence-electron chi connectivity index (χ4n) is 3.12. The summed E-state index contributed by atoms with van der Waals surface area (Å²) in [5.41, 5.74) is -1.17. The number of fused-ring (bicyclic) bond motifs is 1. The molecule has 0 aliphatic carbocycles. The van der Waals surface area contributed by atoms with Gasteiger partial charge in [-0.05, 0) is 17.4 Å². The number of ether oxygens (including phenoxy) is 1. The number of carbonyl (C=O) groups is 3. The molecule has 12 nitrogen and oxygen atoms in total. The van der Waals surface area contributed by atoms with Crippen molar-refractivity contribution in [3.8, 4) is 0 Å². The highest BCUT2D eigenvalue weighted by atomic mass is 16.5. The second-order valence-corrected chi connectivity index (χ2v) is 7.13. The molecule has 12 heteroatoms. The lowest BCUT2D eigenvalue weighted by molar-refractivity contribution is -0.183. The minimum atomic E-state index is -1.31. The summed E-state index contributed by atoms with van der Waals surface area (Å²) < 4.78 is 6.98. The van der Waals surface area contributed by atoms with E-state index in [1.54, 1.807) is 13.8 Å². The Labute approximate surface area is 153 Å². The fourth-order valence-corrected chi connectivity index (χ4v) is 3.12. The molecule has 1 aromatic rings. The summed E-state index contributed by atoms with van der Waals surface area (Å²) in [7, 11) is 0. The van der Waals surface area contributed by atoms with E-state index in [0.29, 0.717) is 0 Å². The van der Waals surface area contributed by atoms with E-state index in [4.69, 9.17) is 4.74 Å². The third-order valence-corrected chi connectivity index (χ3v) is 4.54. The first-order valence-corrected chi connectivity index (χ1v) is 8.27. The maximum atomic E-state index is 12.2. The van der Waals surface area contributed by atoms with Crippen molar-refractivity contribution in [3.63, 3.8) is 0 Å². The van der Waals surface area contributed by atoms with Crippen LogP contribution in [0.25, 0.3) is 0 Å². The number of aliphatic hydroxyl groups is 1. The summed E-state index contributed by atoms with van der Waals surface area (Å²) in [5.74, 6) is -2.91. The Balaban J connectivity index is 1.74. The standard InChI is InChI=1S/C15H20N6O6/c1-7(22)9-12(24)21-10(14(25)26)11(27-13(9)21)15(2,3)5-16-8(23)4-20-6-17-18-19-20/h6-7,9,13,22H,4-5H2,1-3H3,(H,16,23)(H,25,26)/t7-,9+,13-/m1/s1. The molecule has 2 aliphatic heterocycles. The zero-order valence-corrected chi connectivity index (χ0v) is 15.0. The van der Waals surface area contributed by atoms with Crippen LogP contribution in [0.4, 0.5) is 0 Å². The average molecular weight is 380 g/mol. The second-order valence-electron chi connectivity index (χ2n) is 7.13. The van der Waals surface area contributed by atoms with Crippen LogP contribution >= 0.6 is 0 Å². The lowest BCUT2D eigenvalue weighted by Crippen LogP contribution is -2.62. The molecule has 3 heterocycles. The summed E-state index contributed by atoms with van der Waals surface area (Å²) in [6, 6.07) is 0. The monoisotopic (exact) mass is 380 g/mol.